The molecule has 1 aliphatic rings. The minimum Gasteiger partial charge on any atom is -0.467 e. The SMILES string of the molecule is CC(Oc1ccc2ncc(-c3ccc(N4CC[C@H](N)C4)cc3)n2n1)c1cn(C(F)F)nn1. The first kappa shape index (κ1) is 20.3. The molecule has 166 valence electrons. The van der Waals surface area contributed by atoms with Crippen LogP contribution in [0.5, 0.6) is 5.88 Å². The fraction of sp³-hybridized carbons (Fsp3) is 0.333. The van der Waals surface area contributed by atoms with Crippen LogP contribution in [0.3, 0.4) is 0 Å². The van der Waals surface area contributed by atoms with Crippen molar-refractivity contribution in [1.29, 1.82) is 0 Å². The Kier molecular flexibility index (Phi) is 5.17. The van der Waals surface area contributed by atoms with E-state index in [9.17, 15) is 8.78 Å². The van der Waals surface area contributed by atoms with E-state index in [0.717, 1.165) is 42.7 Å². The first-order chi connectivity index (χ1) is 15.5. The highest BCUT2D eigenvalue weighted by atomic mass is 19.3. The smallest absolute Gasteiger partial charge is 0.334 e. The van der Waals surface area contributed by atoms with Crippen molar-refractivity contribution in [2.24, 2.45) is 5.73 Å². The lowest BCUT2D eigenvalue weighted by Gasteiger charge is -2.18. The van der Waals surface area contributed by atoms with Crippen LogP contribution in [0.25, 0.3) is 16.9 Å². The van der Waals surface area contributed by atoms with E-state index in [2.05, 4.69) is 37.4 Å². The number of alkyl halides is 2. The number of rotatable bonds is 6. The quantitative estimate of drug-likeness (QED) is 0.492. The second-order valence-corrected chi connectivity index (χ2v) is 7.79. The number of imidazole rings is 1. The van der Waals surface area contributed by atoms with Crippen LogP contribution in [0.1, 0.15) is 31.7 Å². The van der Waals surface area contributed by atoms with E-state index >= 15 is 0 Å². The highest BCUT2D eigenvalue weighted by Crippen LogP contribution is 2.27. The molecule has 0 bridgehead atoms. The van der Waals surface area contributed by atoms with Crippen molar-refractivity contribution in [3.63, 3.8) is 0 Å². The van der Waals surface area contributed by atoms with Gasteiger partial charge in [0.1, 0.15) is 11.8 Å². The number of ether oxygens (including phenoxy) is 1. The first-order valence-electron chi connectivity index (χ1n) is 10.3. The second kappa shape index (κ2) is 8.15. The number of halogens is 2. The molecule has 1 aromatic carbocycles. The molecule has 5 rings (SSSR count). The highest BCUT2D eigenvalue weighted by Gasteiger charge is 2.20. The second-order valence-electron chi connectivity index (χ2n) is 7.79. The normalized spacial score (nSPS) is 17.4. The first-order valence-corrected chi connectivity index (χ1v) is 10.3. The summed E-state index contributed by atoms with van der Waals surface area (Å²) in [5.41, 5.74) is 9.88. The number of benzene rings is 1. The summed E-state index contributed by atoms with van der Waals surface area (Å²) in [6.07, 6.45) is 3.31. The molecule has 4 heterocycles. The molecule has 0 saturated carbocycles. The van der Waals surface area contributed by atoms with Crippen molar-refractivity contribution in [2.45, 2.75) is 32.0 Å². The van der Waals surface area contributed by atoms with Crippen molar-refractivity contribution >= 4 is 11.3 Å². The van der Waals surface area contributed by atoms with Gasteiger partial charge in [-0.1, -0.05) is 17.3 Å². The number of nitrogens with zero attached hydrogens (tertiary/aromatic N) is 7. The summed E-state index contributed by atoms with van der Waals surface area (Å²) in [6.45, 7) is 0.769. The predicted molar refractivity (Wildman–Crippen MR) is 114 cm³/mol. The molecule has 1 unspecified atom stereocenters. The molecule has 1 saturated heterocycles. The maximum absolute atomic E-state index is 12.7. The average molecular weight is 440 g/mol. The molecule has 0 aliphatic carbocycles. The fourth-order valence-electron chi connectivity index (χ4n) is 3.79. The van der Waals surface area contributed by atoms with Crippen molar-refractivity contribution in [3.05, 3.63) is 54.5 Å². The Labute approximate surface area is 182 Å². The average Bonchev–Trinajstić information content (AvgIpc) is 3.53. The summed E-state index contributed by atoms with van der Waals surface area (Å²) in [6, 6.07) is 11.9. The third kappa shape index (κ3) is 3.86. The largest absolute Gasteiger partial charge is 0.467 e. The van der Waals surface area contributed by atoms with E-state index < -0.39 is 12.7 Å². The summed E-state index contributed by atoms with van der Waals surface area (Å²) in [5, 5.41) is 11.7. The summed E-state index contributed by atoms with van der Waals surface area (Å²) in [4.78, 5) is 6.69. The van der Waals surface area contributed by atoms with Gasteiger partial charge in [-0.25, -0.2) is 9.50 Å². The van der Waals surface area contributed by atoms with Gasteiger partial charge < -0.3 is 15.4 Å². The molecule has 1 fully saturated rings. The van der Waals surface area contributed by atoms with E-state index in [1.807, 2.05) is 12.1 Å². The number of aromatic nitrogens is 6. The Bertz CT molecular complexity index is 1220. The minimum atomic E-state index is -2.75. The van der Waals surface area contributed by atoms with Gasteiger partial charge in [-0.05, 0) is 31.5 Å². The standard InChI is InChI=1S/C21H22F2N8O/c1-13(17-12-30(21(22)23)28-26-17)32-20-7-6-19-25-10-18(31(19)27-20)14-2-4-16(5-3-14)29-9-8-15(24)11-29/h2-7,10,12-13,15,21H,8-9,11,24H2,1H3/t13?,15-/m0/s1. The highest BCUT2D eigenvalue weighted by molar-refractivity contribution is 5.66. The molecule has 2 atom stereocenters. The van der Waals surface area contributed by atoms with Crippen LogP contribution in [0, 0.1) is 0 Å². The van der Waals surface area contributed by atoms with Gasteiger partial charge in [0.05, 0.1) is 18.1 Å². The van der Waals surface area contributed by atoms with Gasteiger partial charge in [0, 0.05) is 36.4 Å². The van der Waals surface area contributed by atoms with Crippen LogP contribution in [0.15, 0.2) is 48.8 Å². The van der Waals surface area contributed by atoms with E-state index in [1.54, 1.807) is 29.8 Å². The Hall–Kier alpha value is -3.60. The monoisotopic (exact) mass is 440 g/mol. The topological polar surface area (TPSA) is 99.4 Å². The van der Waals surface area contributed by atoms with Crippen LogP contribution >= 0.6 is 0 Å². The molecule has 4 aromatic rings. The summed E-state index contributed by atoms with van der Waals surface area (Å²) in [5.74, 6) is 0.318. The van der Waals surface area contributed by atoms with E-state index in [1.165, 1.54) is 0 Å². The van der Waals surface area contributed by atoms with Crippen LogP contribution in [0.4, 0.5) is 14.5 Å². The molecule has 1 aliphatic heterocycles. The van der Waals surface area contributed by atoms with Gasteiger partial charge >= 0.3 is 6.55 Å². The number of hydrogen-bond donors (Lipinski definition) is 1. The molecule has 0 radical (unpaired) electrons. The molecule has 2 N–H and O–H groups in total. The van der Waals surface area contributed by atoms with Crippen molar-refractivity contribution in [1.82, 2.24) is 29.6 Å². The zero-order valence-corrected chi connectivity index (χ0v) is 17.3. The third-order valence-electron chi connectivity index (χ3n) is 5.53. The predicted octanol–water partition coefficient (Wildman–Crippen LogP) is 3.06. The van der Waals surface area contributed by atoms with Gasteiger partial charge in [0.2, 0.25) is 5.88 Å². The Morgan fingerprint density at radius 2 is 1.97 bits per heavy atom. The van der Waals surface area contributed by atoms with Crippen molar-refractivity contribution < 1.29 is 13.5 Å². The van der Waals surface area contributed by atoms with E-state index in [0.29, 0.717) is 16.2 Å². The maximum Gasteiger partial charge on any atom is 0.334 e. The summed E-state index contributed by atoms with van der Waals surface area (Å²) >= 11 is 0. The zero-order chi connectivity index (χ0) is 22.2. The molecule has 0 spiro atoms. The maximum atomic E-state index is 12.7. The van der Waals surface area contributed by atoms with Gasteiger partial charge in [-0.2, -0.15) is 13.5 Å². The summed E-state index contributed by atoms with van der Waals surface area (Å²) in [7, 11) is 0. The van der Waals surface area contributed by atoms with Gasteiger partial charge in [-0.15, -0.1) is 10.2 Å². The van der Waals surface area contributed by atoms with Crippen molar-refractivity contribution in [2.75, 3.05) is 18.0 Å². The van der Waals surface area contributed by atoms with Crippen LogP contribution in [-0.4, -0.2) is 48.7 Å². The van der Waals surface area contributed by atoms with Crippen LogP contribution in [0.2, 0.25) is 0 Å². The number of nitrogens with two attached hydrogens (primary N) is 1. The Morgan fingerprint density at radius 1 is 1.16 bits per heavy atom. The Morgan fingerprint density at radius 3 is 2.66 bits per heavy atom. The van der Waals surface area contributed by atoms with Gasteiger partial charge in [0.25, 0.3) is 0 Å². The van der Waals surface area contributed by atoms with Crippen LogP contribution in [-0.2, 0) is 0 Å². The minimum absolute atomic E-state index is 0.221. The summed E-state index contributed by atoms with van der Waals surface area (Å²) < 4.78 is 33.5. The molecule has 32 heavy (non-hydrogen) atoms. The number of fused-ring (bicyclic) bond motifs is 1. The Balaban J connectivity index is 1.37. The van der Waals surface area contributed by atoms with E-state index in [4.69, 9.17) is 10.5 Å². The molecule has 3 aromatic heterocycles. The third-order valence-corrected chi connectivity index (χ3v) is 5.53. The number of anilines is 1. The van der Waals surface area contributed by atoms with Crippen molar-refractivity contribution in [3.8, 4) is 17.1 Å². The molecular weight excluding hydrogens is 418 g/mol. The van der Waals surface area contributed by atoms with Crippen LogP contribution < -0.4 is 15.4 Å². The molecule has 0 amide bonds. The zero-order valence-electron chi connectivity index (χ0n) is 17.3. The van der Waals surface area contributed by atoms with E-state index in [-0.39, 0.29) is 11.7 Å². The van der Waals surface area contributed by atoms with Gasteiger partial charge in [0.15, 0.2) is 5.65 Å². The van der Waals surface area contributed by atoms with Gasteiger partial charge in [-0.3, -0.25) is 0 Å². The molecule has 9 nitrogen and oxygen atoms in total. The number of hydrogen-bond acceptors (Lipinski definition) is 7. The lowest BCUT2D eigenvalue weighted by atomic mass is 10.1. The lowest BCUT2D eigenvalue weighted by molar-refractivity contribution is 0.0545. The lowest BCUT2D eigenvalue weighted by Crippen LogP contribution is -2.26. The molecule has 11 heteroatoms. The fourth-order valence-corrected chi connectivity index (χ4v) is 3.79. The molecular formula is C21H22F2N8O.